The average Bonchev–Trinajstić information content (AvgIpc) is 2.82. The Labute approximate surface area is 108 Å². The van der Waals surface area contributed by atoms with Crippen molar-refractivity contribution >= 4 is 16.5 Å². The van der Waals surface area contributed by atoms with Gasteiger partial charge < -0.3 is 5.32 Å². The molecule has 0 saturated carbocycles. The van der Waals surface area contributed by atoms with E-state index in [2.05, 4.69) is 10.3 Å². The van der Waals surface area contributed by atoms with E-state index in [4.69, 9.17) is 0 Å². The molecule has 1 saturated heterocycles. The summed E-state index contributed by atoms with van der Waals surface area (Å²) in [7, 11) is 0. The van der Waals surface area contributed by atoms with Gasteiger partial charge in [0.15, 0.2) is 5.13 Å². The van der Waals surface area contributed by atoms with Crippen molar-refractivity contribution in [1.82, 2.24) is 9.88 Å². The number of hydrogen-bond donors (Lipinski definition) is 1. The first-order valence-electron chi connectivity index (χ1n) is 5.87. The van der Waals surface area contributed by atoms with E-state index < -0.39 is 12.7 Å². The van der Waals surface area contributed by atoms with E-state index in [1.807, 2.05) is 12.3 Å². The number of rotatable bonds is 4. The third-order valence-corrected chi connectivity index (χ3v) is 3.85. The van der Waals surface area contributed by atoms with Gasteiger partial charge in [-0.3, -0.25) is 4.90 Å². The molecule has 1 fully saturated rings. The Balaban J connectivity index is 1.73. The Morgan fingerprint density at radius 3 is 2.94 bits per heavy atom. The molecule has 0 spiro atoms. The maximum atomic E-state index is 12.2. The minimum Gasteiger partial charge on any atom is -0.361 e. The van der Waals surface area contributed by atoms with Gasteiger partial charge in [-0.05, 0) is 25.8 Å². The molecule has 1 aliphatic rings. The van der Waals surface area contributed by atoms with Crippen LogP contribution in [0.15, 0.2) is 5.38 Å². The fourth-order valence-electron chi connectivity index (χ4n) is 2.14. The number of thiazole rings is 1. The maximum Gasteiger partial charge on any atom is 0.401 e. The zero-order valence-corrected chi connectivity index (χ0v) is 10.9. The number of aromatic nitrogens is 1. The van der Waals surface area contributed by atoms with Gasteiger partial charge in [0.2, 0.25) is 0 Å². The summed E-state index contributed by atoms with van der Waals surface area (Å²) >= 11 is 1.53. The standard InChI is InChI=1S/C11H16F3N3S/c1-8-6-18-10(16-8)15-4-9-2-3-17(5-9)7-11(12,13)14/h6,9H,2-5,7H2,1H3,(H,15,16). The van der Waals surface area contributed by atoms with Crippen molar-refractivity contribution < 1.29 is 13.2 Å². The maximum absolute atomic E-state index is 12.2. The van der Waals surface area contributed by atoms with Crippen LogP contribution in [0.1, 0.15) is 12.1 Å². The average molecular weight is 279 g/mol. The summed E-state index contributed by atoms with van der Waals surface area (Å²) in [5.41, 5.74) is 0.965. The third kappa shape index (κ3) is 4.13. The lowest BCUT2D eigenvalue weighted by Crippen LogP contribution is -2.33. The minimum atomic E-state index is -4.09. The molecule has 18 heavy (non-hydrogen) atoms. The molecule has 102 valence electrons. The Bertz CT molecular complexity index is 391. The van der Waals surface area contributed by atoms with E-state index in [-0.39, 0.29) is 5.92 Å². The summed E-state index contributed by atoms with van der Waals surface area (Å²) in [6.45, 7) is 2.86. The highest BCUT2D eigenvalue weighted by Crippen LogP contribution is 2.23. The van der Waals surface area contributed by atoms with Crippen LogP contribution in [0, 0.1) is 12.8 Å². The van der Waals surface area contributed by atoms with E-state index in [1.54, 1.807) is 0 Å². The van der Waals surface area contributed by atoms with E-state index in [9.17, 15) is 13.2 Å². The van der Waals surface area contributed by atoms with Crippen LogP contribution in [0.25, 0.3) is 0 Å². The molecule has 0 amide bonds. The van der Waals surface area contributed by atoms with Gasteiger partial charge in [-0.15, -0.1) is 11.3 Å². The van der Waals surface area contributed by atoms with Crippen molar-refractivity contribution in [3.8, 4) is 0 Å². The molecule has 1 unspecified atom stereocenters. The molecule has 1 N–H and O–H groups in total. The number of likely N-dealkylation sites (tertiary alicyclic amines) is 1. The summed E-state index contributed by atoms with van der Waals surface area (Å²) < 4.78 is 36.7. The SMILES string of the molecule is Cc1csc(NCC2CCN(CC(F)(F)F)C2)n1. The fraction of sp³-hybridized carbons (Fsp3) is 0.727. The van der Waals surface area contributed by atoms with Crippen LogP contribution < -0.4 is 5.32 Å². The van der Waals surface area contributed by atoms with Crippen molar-refractivity contribution in [2.75, 3.05) is 31.5 Å². The van der Waals surface area contributed by atoms with Gasteiger partial charge in [0.1, 0.15) is 0 Å². The zero-order valence-electron chi connectivity index (χ0n) is 10.1. The highest BCUT2D eigenvalue weighted by molar-refractivity contribution is 7.13. The number of anilines is 1. The molecule has 2 rings (SSSR count). The van der Waals surface area contributed by atoms with Gasteiger partial charge in [0.05, 0.1) is 12.2 Å². The van der Waals surface area contributed by atoms with Crippen molar-refractivity contribution in [3.05, 3.63) is 11.1 Å². The quantitative estimate of drug-likeness (QED) is 0.918. The van der Waals surface area contributed by atoms with E-state index >= 15 is 0 Å². The zero-order chi connectivity index (χ0) is 13.2. The smallest absolute Gasteiger partial charge is 0.361 e. The number of nitrogens with zero attached hydrogens (tertiary/aromatic N) is 2. The summed E-state index contributed by atoms with van der Waals surface area (Å²) in [6, 6.07) is 0. The second-order valence-electron chi connectivity index (χ2n) is 4.68. The van der Waals surface area contributed by atoms with Crippen LogP contribution in [0.2, 0.25) is 0 Å². The summed E-state index contributed by atoms with van der Waals surface area (Å²) in [6.07, 6.45) is -3.28. The third-order valence-electron chi connectivity index (χ3n) is 2.93. The number of halogens is 3. The molecule has 2 heterocycles. The van der Waals surface area contributed by atoms with Crippen molar-refractivity contribution in [1.29, 1.82) is 0 Å². The second-order valence-corrected chi connectivity index (χ2v) is 5.54. The summed E-state index contributed by atoms with van der Waals surface area (Å²) in [5.74, 6) is 0.275. The predicted molar refractivity (Wildman–Crippen MR) is 65.9 cm³/mol. The van der Waals surface area contributed by atoms with Crippen LogP contribution in [-0.2, 0) is 0 Å². The molecular weight excluding hydrogens is 263 g/mol. The monoisotopic (exact) mass is 279 g/mol. The molecule has 0 aliphatic carbocycles. The lowest BCUT2D eigenvalue weighted by molar-refractivity contribution is -0.143. The molecule has 0 radical (unpaired) electrons. The number of nitrogens with one attached hydrogen (secondary N) is 1. The summed E-state index contributed by atoms with van der Waals surface area (Å²) in [5, 5.41) is 5.99. The number of aryl methyl sites for hydroxylation is 1. The van der Waals surface area contributed by atoms with Gasteiger partial charge >= 0.3 is 6.18 Å². The van der Waals surface area contributed by atoms with Gasteiger partial charge in [-0.25, -0.2) is 4.98 Å². The fourth-order valence-corrected chi connectivity index (χ4v) is 2.84. The van der Waals surface area contributed by atoms with E-state index in [1.165, 1.54) is 16.2 Å². The Kier molecular flexibility index (Phi) is 4.11. The molecular formula is C11H16F3N3S. The first-order chi connectivity index (χ1) is 8.42. The highest BCUT2D eigenvalue weighted by Gasteiger charge is 2.34. The minimum absolute atomic E-state index is 0.275. The van der Waals surface area contributed by atoms with Gasteiger partial charge in [-0.2, -0.15) is 13.2 Å². The largest absolute Gasteiger partial charge is 0.401 e. The van der Waals surface area contributed by atoms with Crippen LogP contribution in [0.4, 0.5) is 18.3 Å². The second kappa shape index (κ2) is 5.44. The molecule has 0 bridgehead atoms. The highest BCUT2D eigenvalue weighted by atomic mass is 32.1. The number of hydrogen-bond acceptors (Lipinski definition) is 4. The number of alkyl halides is 3. The Morgan fingerprint density at radius 1 is 1.56 bits per heavy atom. The van der Waals surface area contributed by atoms with Crippen molar-refractivity contribution in [3.63, 3.8) is 0 Å². The van der Waals surface area contributed by atoms with Crippen LogP contribution in [0.3, 0.4) is 0 Å². The van der Waals surface area contributed by atoms with Gasteiger partial charge in [0, 0.05) is 18.5 Å². The van der Waals surface area contributed by atoms with Crippen LogP contribution in [0.5, 0.6) is 0 Å². The molecule has 7 heteroatoms. The normalized spacial score (nSPS) is 21.4. The first-order valence-corrected chi connectivity index (χ1v) is 6.75. The predicted octanol–water partition coefficient (Wildman–Crippen LogP) is 2.75. The molecule has 0 aromatic carbocycles. The lowest BCUT2D eigenvalue weighted by Gasteiger charge is -2.17. The molecule has 1 aliphatic heterocycles. The van der Waals surface area contributed by atoms with Crippen molar-refractivity contribution in [2.24, 2.45) is 5.92 Å². The van der Waals surface area contributed by atoms with E-state index in [0.717, 1.165) is 17.2 Å². The van der Waals surface area contributed by atoms with Crippen LogP contribution >= 0.6 is 11.3 Å². The van der Waals surface area contributed by atoms with Gasteiger partial charge in [-0.1, -0.05) is 0 Å². The Morgan fingerprint density at radius 2 is 2.33 bits per heavy atom. The molecule has 3 nitrogen and oxygen atoms in total. The summed E-state index contributed by atoms with van der Waals surface area (Å²) in [4.78, 5) is 5.74. The first kappa shape index (κ1) is 13.6. The van der Waals surface area contributed by atoms with Crippen molar-refractivity contribution in [2.45, 2.75) is 19.5 Å². The lowest BCUT2D eigenvalue weighted by atomic mass is 10.1. The topological polar surface area (TPSA) is 28.2 Å². The molecule has 1 aromatic heterocycles. The molecule has 1 aromatic rings. The Hall–Kier alpha value is -0.820. The van der Waals surface area contributed by atoms with Gasteiger partial charge in [0.25, 0.3) is 0 Å². The molecule has 1 atom stereocenters. The van der Waals surface area contributed by atoms with Crippen LogP contribution in [-0.4, -0.2) is 42.2 Å². The van der Waals surface area contributed by atoms with E-state index in [0.29, 0.717) is 19.6 Å².